The number of methoxy groups -OCH3 is 4. The molecule has 1 saturated heterocycles. The molecule has 0 radical (unpaired) electrons. The van der Waals surface area contributed by atoms with Gasteiger partial charge in [0.1, 0.15) is 17.5 Å². The van der Waals surface area contributed by atoms with Crippen LogP contribution in [0.5, 0.6) is 23.0 Å². The van der Waals surface area contributed by atoms with Crippen LogP contribution < -0.4 is 29.2 Å². The Morgan fingerprint density at radius 2 is 1.46 bits per heavy atom. The van der Waals surface area contributed by atoms with E-state index in [0.717, 1.165) is 23.2 Å². The number of ether oxygens (including phenoxy) is 4. The number of hydrogen-bond acceptors (Lipinski definition) is 8. The van der Waals surface area contributed by atoms with Crippen molar-refractivity contribution in [1.82, 2.24) is 9.62 Å². The number of benzene rings is 3. The molecule has 10 nitrogen and oxygen atoms in total. The summed E-state index contributed by atoms with van der Waals surface area (Å²) in [5.41, 5.74) is 2.58. The predicted molar refractivity (Wildman–Crippen MR) is 157 cm³/mol. The molecule has 1 heterocycles. The van der Waals surface area contributed by atoms with Crippen molar-refractivity contribution in [2.24, 2.45) is 0 Å². The second-order valence-electron chi connectivity index (χ2n) is 9.55. The van der Waals surface area contributed by atoms with Crippen molar-refractivity contribution >= 4 is 21.6 Å². The molecule has 0 bridgehead atoms. The van der Waals surface area contributed by atoms with Crippen LogP contribution in [0, 0.1) is 0 Å². The van der Waals surface area contributed by atoms with Gasteiger partial charge in [-0.3, -0.25) is 4.79 Å². The molecule has 0 saturated carbocycles. The maximum absolute atomic E-state index is 13.8. The maximum Gasteiger partial charge on any atom is 0.243 e. The van der Waals surface area contributed by atoms with Crippen molar-refractivity contribution < 1.29 is 32.2 Å². The Labute approximate surface area is 241 Å². The van der Waals surface area contributed by atoms with Crippen LogP contribution in [-0.2, 0) is 27.8 Å². The van der Waals surface area contributed by atoms with Gasteiger partial charge in [-0.25, -0.2) is 8.42 Å². The molecule has 1 amide bonds. The van der Waals surface area contributed by atoms with Crippen molar-refractivity contribution in [1.29, 1.82) is 0 Å². The minimum Gasteiger partial charge on any atom is -0.497 e. The summed E-state index contributed by atoms with van der Waals surface area (Å²) in [5.74, 6) is 1.90. The van der Waals surface area contributed by atoms with Crippen LogP contribution in [0.3, 0.4) is 0 Å². The van der Waals surface area contributed by atoms with Gasteiger partial charge in [-0.15, -0.1) is 0 Å². The quantitative estimate of drug-likeness (QED) is 0.366. The summed E-state index contributed by atoms with van der Waals surface area (Å²) in [7, 11) is 2.27. The zero-order valence-corrected chi connectivity index (χ0v) is 24.9. The molecule has 41 heavy (non-hydrogen) atoms. The standard InChI is InChI=1S/C30H37N3O7S/c1-6-21-7-10-26(11-8-21)41(35,36)33-14-13-32(23-16-24(37-2)18-25(17-23)38-3)20-27(33)30(34)31-19-22-9-12-28(39-4)29(15-22)40-5/h7-12,15-18,27H,6,13-14,19-20H2,1-5H3,(H,31,34). The van der Waals surface area contributed by atoms with Crippen molar-refractivity contribution in [3.05, 3.63) is 71.8 Å². The maximum atomic E-state index is 13.8. The first-order chi connectivity index (χ1) is 19.7. The van der Waals surface area contributed by atoms with Crippen LogP contribution in [-0.4, -0.2) is 72.7 Å². The highest BCUT2D eigenvalue weighted by molar-refractivity contribution is 7.89. The summed E-state index contributed by atoms with van der Waals surface area (Å²) in [5, 5.41) is 2.93. The molecule has 4 rings (SSSR count). The van der Waals surface area contributed by atoms with Crippen LogP contribution in [0.25, 0.3) is 0 Å². The first kappa shape index (κ1) is 30.0. The smallest absolute Gasteiger partial charge is 0.243 e. The molecule has 1 aliphatic rings. The van der Waals surface area contributed by atoms with E-state index < -0.39 is 22.0 Å². The van der Waals surface area contributed by atoms with Gasteiger partial charge in [0, 0.05) is 50.1 Å². The number of carbonyl (C=O) groups is 1. The van der Waals surface area contributed by atoms with E-state index in [-0.39, 0.29) is 24.5 Å². The average Bonchev–Trinajstić information content (AvgIpc) is 3.02. The Morgan fingerprint density at radius 1 is 0.829 bits per heavy atom. The summed E-state index contributed by atoms with van der Waals surface area (Å²) in [6.45, 7) is 2.82. The third-order valence-electron chi connectivity index (χ3n) is 7.19. The van der Waals surface area contributed by atoms with Crippen LogP contribution in [0.1, 0.15) is 18.1 Å². The van der Waals surface area contributed by atoms with Crippen molar-refractivity contribution in [2.45, 2.75) is 30.8 Å². The van der Waals surface area contributed by atoms with Crippen LogP contribution in [0.15, 0.2) is 65.6 Å². The Bertz CT molecular complexity index is 1440. The van der Waals surface area contributed by atoms with Crippen molar-refractivity contribution in [3.8, 4) is 23.0 Å². The highest BCUT2D eigenvalue weighted by Gasteiger charge is 2.40. The number of aryl methyl sites for hydroxylation is 1. The number of carbonyl (C=O) groups excluding carboxylic acids is 1. The first-order valence-corrected chi connectivity index (χ1v) is 14.8. The van der Waals surface area contributed by atoms with Gasteiger partial charge in [0.15, 0.2) is 11.5 Å². The summed E-state index contributed by atoms with van der Waals surface area (Å²) >= 11 is 0. The van der Waals surface area contributed by atoms with Gasteiger partial charge in [-0.05, 0) is 41.8 Å². The number of piperazine rings is 1. The van der Waals surface area contributed by atoms with E-state index in [1.807, 2.05) is 30.0 Å². The third-order valence-corrected chi connectivity index (χ3v) is 9.11. The van der Waals surface area contributed by atoms with Gasteiger partial charge < -0.3 is 29.2 Å². The van der Waals surface area contributed by atoms with E-state index in [0.29, 0.717) is 29.5 Å². The Kier molecular flexibility index (Phi) is 9.61. The fourth-order valence-corrected chi connectivity index (χ4v) is 6.38. The predicted octanol–water partition coefficient (Wildman–Crippen LogP) is 3.48. The highest BCUT2D eigenvalue weighted by atomic mass is 32.2. The Hall–Kier alpha value is -3.96. The molecule has 1 atom stereocenters. The van der Waals surface area contributed by atoms with E-state index in [2.05, 4.69) is 5.32 Å². The average molecular weight is 584 g/mol. The lowest BCUT2D eigenvalue weighted by atomic mass is 10.1. The largest absolute Gasteiger partial charge is 0.497 e. The molecule has 0 spiro atoms. The fraction of sp³-hybridized carbons (Fsp3) is 0.367. The summed E-state index contributed by atoms with van der Waals surface area (Å²) in [6.07, 6.45) is 0.796. The van der Waals surface area contributed by atoms with E-state index in [1.54, 1.807) is 70.9 Å². The van der Waals surface area contributed by atoms with Gasteiger partial charge in [0.05, 0.1) is 33.3 Å². The van der Waals surface area contributed by atoms with E-state index in [4.69, 9.17) is 18.9 Å². The van der Waals surface area contributed by atoms with E-state index in [1.165, 1.54) is 4.31 Å². The normalized spacial score (nSPS) is 15.7. The topological polar surface area (TPSA) is 107 Å². The van der Waals surface area contributed by atoms with Gasteiger partial charge in [0.25, 0.3) is 0 Å². The third kappa shape index (κ3) is 6.68. The number of sulfonamides is 1. The SMILES string of the molecule is CCc1ccc(S(=O)(=O)N2CCN(c3cc(OC)cc(OC)c3)CC2C(=O)NCc2ccc(OC)c(OC)c2)cc1. The minimum atomic E-state index is -3.96. The molecule has 11 heteroatoms. The molecule has 3 aromatic carbocycles. The van der Waals surface area contributed by atoms with Crippen LogP contribution in [0.2, 0.25) is 0 Å². The van der Waals surface area contributed by atoms with E-state index in [9.17, 15) is 13.2 Å². The fourth-order valence-electron chi connectivity index (χ4n) is 4.81. The molecular weight excluding hydrogens is 546 g/mol. The number of nitrogens with zero attached hydrogens (tertiary/aromatic N) is 2. The number of anilines is 1. The molecule has 1 aliphatic heterocycles. The van der Waals surface area contributed by atoms with Crippen LogP contribution in [0.4, 0.5) is 5.69 Å². The number of amides is 1. The highest BCUT2D eigenvalue weighted by Crippen LogP contribution is 2.32. The van der Waals surface area contributed by atoms with Gasteiger partial charge in [0.2, 0.25) is 15.9 Å². The molecule has 1 unspecified atom stereocenters. The molecule has 0 aliphatic carbocycles. The van der Waals surface area contributed by atoms with Crippen molar-refractivity contribution in [2.75, 3.05) is 53.0 Å². The molecule has 1 N–H and O–H groups in total. The summed E-state index contributed by atoms with van der Waals surface area (Å²) in [6, 6.07) is 16.6. The number of rotatable bonds is 11. The van der Waals surface area contributed by atoms with Gasteiger partial charge in [-0.2, -0.15) is 4.31 Å². The summed E-state index contributed by atoms with van der Waals surface area (Å²) < 4.78 is 50.5. The molecule has 3 aromatic rings. The lowest BCUT2D eigenvalue weighted by Gasteiger charge is -2.40. The first-order valence-electron chi connectivity index (χ1n) is 13.3. The Morgan fingerprint density at radius 3 is 2.05 bits per heavy atom. The molecular formula is C30H37N3O7S. The van der Waals surface area contributed by atoms with E-state index >= 15 is 0 Å². The zero-order chi connectivity index (χ0) is 29.6. The number of nitrogens with one attached hydrogen (secondary N) is 1. The number of hydrogen-bond donors (Lipinski definition) is 1. The van der Waals surface area contributed by atoms with Crippen molar-refractivity contribution in [3.63, 3.8) is 0 Å². The van der Waals surface area contributed by atoms with Crippen LogP contribution >= 0.6 is 0 Å². The molecule has 1 fully saturated rings. The van der Waals surface area contributed by atoms with Gasteiger partial charge >= 0.3 is 0 Å². The zero-order valence-electron chi connectivity index (χ0n) is 24.0. The second-order valence-corrected chi connectivity index (χ2v) is 11.4. The monoisotopic (exact) mass is 583 g/mol. The van der Waals surface area contributed by atoms with Gasteiger partial charge in [-0.1, -0.05) is 25.1 Å². The minimum absolute atomic E-state index is 0.117. The lowest BCUT2D eigenvalue weighted by molar-refractivity contribution is -0.125. The molecule has 220 valence electrons. The molecule has 0 aromatic heterocycles. The Balaban J connectivity index is 1.63. The second kappa shape index (κ2) is 13.1. The summed E-state index contributed by atoms with van der Waals surface area (Å²) in [4.78, 5) is 15.8. The lowest BCUT2D eigenvalue weighted by Crippen LogP contribution is -2.60.